The van der Waals surface area contributed by atoms with Gasteiger partial charge in [0.25, 0.3) is 0 Å². The highest BCUT2D eigenvalue weighted by Crippen LogP contribution is 2.21. The third-order valence-corrected chi connectivity index (χ3v) is 4.22. The van der Waals surface area contributed by atoms with Crippen LogP contribution in [0.5, 0.6) is 5.75 Å². The second-order valence-corrected chi connectivity index (χ2v) is 5.75. The number of carbonyl (C=O) groups excluding carboxylic acids is 1. The molecule has 5 heteroatoms. The minimum Gasteiger partial charge on any atom is -0.497 e. The van der Waals surface area contributed by atoms with Crippen LogP contribution in [0.25, 0.3) is 0 Å². The molecule has 0 saturated heterocycles. The molecule has 3 atom stereocenters. The summed E-state index contributed by atoms with van der Waals surface area (Å²) >= 11 is 0. The van der Waals surface area contributed by atoms with Crippen molar-refractivity contribution in [3.63, 3.8) is 0 Å². The third-order valence-electron chi connectivity index (χ3n) is 4.22. The minimum absolute atomic E-state index is 0.0778. The molecule has 1 saturated carbocycles. The first kappa shape index (κ1) is 16.8. The number of ether oxygens (including phenoxy) is 2. The maximum absolute atomic E-state index is 12.2. The molecule has 0 bridgehead atoms. The Hall–Kier alpha value is -1.59. The molecule has 0 radical (unpaired) electrons. The van der Waals surface area contributed by atoms with Gasteiger partial charge in [-0.2, -0.15) is 0 Å². The van der Waals surface area contributed by atoms with Crippen molar-refractivity contribution >= 4 is 5.91 Å². The van der Waals surface area contributed by atoms with Crippen molar-refractivity contribution in [2.24, 2.45) is 0 Å². The Morgan fingerprint density at radius 1 is 1.23 bits per heavy atom. The summed E-state index contributed by atoms with van der Waals surface area (Å²) in [6.07, 6.45) is 3.08. The smallest absolute Gasteiger partial charge is 0.224 e. The molecular formula is C17H25NO4. The average Bonchev–Trinajstić information content (AvgIpc) is 2.70. The molecule has 2 rings (SSSR count). The molecule has 1 aromatic rings. The van der Waals surface area contributed by atoms with E-state index in [1.165, 1.54) is 0 Å². The van der Waals surface area contributed by atoms with Crippen molar-refractivity contribution in [1.29, 1.82) is 0 Å². The number of amides is 1. The van der Waals surface area contributed by atoms with E-state index in [0.717, 1.165) is 37.0 Å². The Labute approximate surface area is 131 Å². The van der Waals surface area contributed by atoms with Crippen molar-refractivity contribution < 1.29 is 19.4 Å². The van der Waals surface area contributed by atoms with Crippen molar-refractivity contribution in [3.05, 3.63) is 29.8 Å². The quantitative estimate of drug-likeness (QED) is 0.812. The van der Waals surface area contributed by atoms with Gasteiger partial charge in [-0.25, -0.2) is 0 Å². The Morgan fingerprint density at radius 2 is 1.91 bits per heavy atom. The molecule has 0 unspecified atom stereocenters. The van der Waals surface area contributed by atoms with E-state index in [-0.39, 0.29) is 18.1 Å². The Balaban J connectivity index is 1.91. The van der Waals surface area contributed by atoms with Crippen LogP contribution in [0.15, 0.2) is 24.3 Å². The number of rotatable bonds is 5. The fraction of sp³-hybridized carbons (Fsp3) is 0.588. The summed E-state index contributed by atoms with van der Waals surface area (Å²) in [7, 11) is 3.22. The molecule has 1 aromatic carbocycles. The zero-order valence-electron chi connectivity index (χ0n) is 13.2. The largest absolute Gasteiger partial charge is 0.497 e. The number of nitrogens with one attached hydrogen (secondary N) is 1. The second kappa shape index (κ2) is 8.15. The van der Waals surface area contributed by atoms with Crippen molar-refractivity contribution in [2.75, 3.05) is 14.2 Å². The van der Waals surface area contributed by atoms with Crippen molar-refractivity contribution in [3.8, 4) is 5.75 Å². The van der Waals surface area contributed by atoms with E-state index >= 15 is 0 Å². The van der Waals surface area contributed by atoms with E-state index in [9.17, 15) is 9.90 Å². The van der Waals surface area contributed by atoms with Gasteiger partial charge in [-0.3, -0.25) is 4.79 Å². The standard InChI is InChI=1S/C17H25NO4/c1-21-13-9-7-12(8-10-13)11-16(19)18-14-5-3-4-6-15(22-2)17(14)20/h7-10,14-15,17,20H,3-6,11H2,1-2H3,(H,18,19)/t14-,15-,17-/m1/s1. The van der Waals surface area contributed by atoms with Gasteiger partial charge in [-0.1, -0.05) is 25.0 Å². The fourth-order valence-corrected chi connectivity index (χ4v) is 2.91. The van der Waals surface area contributed by atoms with Crippen molar-refractivity contribution in [2.45, 2.75) is 50.4 Å². The van der Waals surface area contributed by atoms with E-state index in [2.05, 4.69) is 5.32 Å². The summed E-state index contributed by atoms with van der Waals surface area (Å²) in [5.41, 5.74) is 0.921. The summed E-state index contributed by atoms with van der Waals surface area (Å²) in [6, 6.07) is 7.19. The van der Waals surface area contributed by atoms with Crippen LogP contribution in [0.2, 0.25) is 0 Å². The maximum Gasteiger partial charge on any atom is 0.224 e. The molecule has 2 N–H and O–H groups in total. The molecule has 0 aromatic heterocycles. The second-order valence-electron chi connectivity index (χ2n) is 5.75. The van der Waals surface area contributed by atoms with Crippen LogP contribution in [-0.2, 0) is 16.0 Å². The lowest BCUT2D eigenvalue weighted by molar-refractivity contribution is -0.123. The molecular weight excluding hydrogens is 282 g/mol. The normalized spacial score (nSPS) is 25.3. The van der Waals surface area contributed by atoms with Gasteiger partial charge < -0.3 is 19.9 Å². The number of methoxy groups -OCH3 is 2. The lowest BCUT2D eigenvalue weighted by Gasteiger charge is -2.27. The number of benzene rings is 1. The van der Waals surface area contributed by atoms with Crippen LogP contribution >= 0.6 is 0 Å². The molecule has 5 nitrogen and oxygen atoms in total. The van der Waals surface area contributed by atoms with Gasteiger partial charge in [-0.05, 0) is 30.5 Å². The summed E-state index contributed by atoms with van der Waals surface area (Å²) < 4.78 is 10.4. The fourth-order valence-electron chi connectivity index (χ4n) is 2.91. The van der Waals surface area contributed by atoms with E-state index in [1.807, 2.05) is 24.3 Å². The number of carbonyl (C=O) groups is 1. The summed E-state index contributed by atoms with van der Waals surface area (Å²) in [4.78, 5) is 12.2. The van der Waals surface area contributed by atoms with E-state index in [1.54, 1.807) is 14.2 Å². The summed E-state index contributed by atoms with van der Waals surface area (Å²) in [5, 5.41) is 13.3. The van der Waals surface area contributed by atoms with Gasteiger partial charge in [-0.15, -0.1) is 0 Å². The number of aliphatic hydroxyl groups excluding tert-OH is 1. The van der Waals surface area contributed by atoms with Crippen molar-refractivity contribution in [1.82, 2.24) is 5.32 Å². The molecule has 1 fully saturated rings. The minimum atomic E-state index is -0.646. The van der Waals surface area contributed by atoms with E-state index in [0.29, 0.717) is 6.42 Å². The van der Waals surface area contributed by atoms with Crippen LogP contribution in [-0.4, -0.2) is 43.5 Å². The number of hydrogen-bond acceptors (Lipinski definition) is 4. The molecule has 1 aliphatic rings. The topological polar surface area (TPSA) is 67.8 Å². The molecule has 0 heterocycles. The molecule has 0 spiro atoms. The zero-order chi connectivity index (χ0) is 15.9. The first-order chi connectivity index (χ1) is 10.6. The first-order valence-electron chi connectivity index (χ1n) is 7.77. The van der Waals surface area contributed by atoms with Gasteiger partial charge >= 0.3 is 0 Å². The lowest BCUT2D eigenvalue weighted by Crippen LogP contribution is -2.48. The SMILES string of the molecule is COc1ccc(CC(=O)N[C@@H]2CCCC[C@@H](OC)[C@@H]2O)cc1. The predicted molar refractivity (Wildman–Crippen MR) is 83.9 cm³/mol. The number of hydrogen-bond donors (Lipinski definition) is 2. The number of aliphatic hydroxyl groups is 1. The van der Waals surface area contributed by atoms with E-state index in [4.69, 9.17) is 9.47 Å². The van der Waals surface area contributed by atoms with Gasteiger partial charge in [0.2, 0.25) is 5.91 Å². The molecule has 122 valence electrons. The lowest BCUT2D eigenvalue weighted by atomic mass is 10.0. The molecule has 0 aliphatic heterocycles. The zero-order valence-corrected chi connectivity index (χ0v) is 13.2. The Morgan fingerprint density at radius 3 is 2.55 bits per heavy atom. The highest BCUT2D eigenvalue weighted by molar-refractivity contribution is 5.79. The van der Waals surface area contributed by atoms with Gasteiger partial charge in [0.15, 0.2) is 0 Å². The van der Waals surface area contributed by atoms with Gasteiger partial charge in [0.05, 0.1) is 25.7 Å². The monoisotopic (exact) mass is 307 g/mol. The Bertz CT molecular complexity index is 474. The van der Waals surface area contributed by atoms with Crippen LogP contribution in [0.1, 0.15) is 31.2 Å². The first-order valence-corrected chi connectivity index (χ1v) is 7.77. The van der Waals surface area contributed by atoms with E-state index < -0.39 is 6.10 Å². The highest BCUT2D eigenvalue weighted by atomic mass is 16.5. The molecule has 1 aliphatic carbocycles. The molecule has 1 amide bonds. The van der Waals surface area contributed by atoms with Crippen LogP contribution < -0.4 is 10.1 Å². The average molecular weight is 307 g/mol. The van der Waals surface area contributed by atoms with Crippen LogP contribution in [0.3, 0.4) is 0 Å². The van der Waals surface area contributed by atoms with Crippen LogP contribution in [0, 0.1) is 0 Å². The predicted octanol–water partition coefficient (Wildman–Crippen LogP) is 1.67. The Kier molecular flexibility index (Phi) is 6.21. The third kappa shape index (κ3) is 4.45. The maximum atomic E-state index is 12.2. The highest BCUT2D eigenvalue weighted by Gasteiger charge is 2.30. The molecule has 22 heavy (non-hydrogen) atoms. The van der Waals surface area contributed by atoms with Gasteiger partial charge in [0, 0.05) is 7.11 Å². The summed E-state index contributed by atoms with van der Waals surface area (Å²) in [6.45, 7) is 0. The van der Waals surface area contributed by atoms with Gasteiger partial charge in [0.1, 0.15) is 11.9 Å². The summed E-state index contributed by atoms with van der Waals surface area (Å²) in [5.74, 6) is 0.692. The van der Waals surface area contributed by atoms with Crippen LogP contribution in [0.4, 0.5) is 0 Å².